The SMILES string of the molecule is CCC(C)(OC)C(Cc1ccccc1OC)NN. The molecule has 4 heteroatoms. The van der Waals surface area contributed by atoms with Crippen molar-refractivity contribution >= 4 is 0 Å². The molecule has 0 aliphatic carbocycles. The Labute approximate surface area is 109 Å². The van der Waals surface area contributed by atoms with Crippen molar-refractivity contribution in [3.05, 3.63) is 29.8 Å². The predicted molar refractivity (Wildman–Crippen MR) is 73.5 cm³/mol. The van der Waals surface area contributed by atoms with Gasteiger partial charge in [0.1, 0.15) is 5.75 Å². The quantitative estimate of drug-likeness (QED) is 0.575. The van der Waals surface area contributed by atoms with E-state index in [1.54, 1.807) is 14.2 Å². The van der Waals surface area contributed by atoms with E-state index in [9.17, 15) is 0 Å². The van der Waals surface area contributed by atoms with E-state index in [-0.39, 0.29) is 11.6 Å². The smallest absolute Gasteiger partial charge is 0.122 e. The van der Waals surface area contributed by atoms with Crippen LogP contribution in [0, 0.1) is 0 Å². The van der Waals surface area contributed by atoms with Crippen molar-refractivity contribution in [3.8, 4) is 5.75 Å². The Morgan fingerprint density at radius 3 is 2.50 bits per heavy atom. The molecule has 0 aliphatic heterocycles. The van der Waals surface area contributed by atoms with E-state index in [2.05, 4.69) is 25.3 Å². The maximum atomic E-state index is 5.68. The highest BCUT2D eigenvalue weighted by Gasteiger charge is 2.32. The molecule has 3 N–H and O–H groups in total. The van der Waals surface area contributed by atoms with Crippen LogP contribution >= 0.6 is 0 Å². The number of ether oxygens (including phenoxy) is 2. The van der Waals surface area contributed by atoms with Gasteiger partial charge in [-0.1, -0.05) is 25.1 Å². The number of benzene rings is 1. The normalized spacial score (nSPS) is 16.1. The predicted octanol–water partition coefficient (Wildman–Crippen LogP) is 1.88. The van der Waals surface area contributed by atoms with Crippen LogP contribution in [0.5, 0.6) is 5.75 Å². The first-order chi connectivity index (χ1) is 8.61. The molecule has 2 unspecified atom stereocenters. The van der Waals surface area contributed by atoms with Crippen molar-refractivity contribution in [1.82, 2.24) is 5.43 Å². The Bertz CT molecular complexity index is 365. The van der Waals surface area contributed by atoms with Crippen molar-refractivity contribution in [3.63, 3.8) is 0 Å². The van der Waals surface area contributed by atoms with Crippen LogP contribution in [0.4, 0.5) is 0 Å². The molecule has 0 radical (unpaired) electrons. The van der Waals surface area contributed by atoms with Crippen LogP contribution in [0.25, 0.3) is 0 Å². The molecule has 0 aliphatic rings. The Morgan fingerprint density at radius 1 is 1.33 bits per heavy atom. The van der Waals surface area contributed by atoms with Gasteiger partial charge in [-0.15, -0.1) is 0 Å². The van der Waals surface area contributed by atoms with Gasteiger partial charge in [0.2, 0.25) is 0 Å². The number of nitrogens with one attached hydrogen (secondary N) is 1. The molecule has 18 heavy (non-hydrogen) atoms. The zero-order valence-electron chi connectivity index (χ0n) is 11.7. The summed E-state index contributed by atoms with van der Waals surface area (Å²) in [5, 5.41) is 0. The number of hydrogen-bond acceptors (Lipinski definition) is 4. The van der Waals surface area contributed by atoms with Crippen molar-refractivity contribution in [2.24, 2.45) is 5.84 Å². The first-order valence-corrected chi connectivity index (χ1v) is 6.24. The van der Waals surface area contributed by atoms with E-state index in [1.807, 2.05) is 18.2 Å². The van der Waals surface area contributed by atoms with Crippen LogP contribution < -0.4 is 16.0 Å². The van der Waals surface area contributed by atoms with Crippen LogP contribution in [0.1, 0.15) is 25.8 Å². The fraction of sp³-hybridized carbons (Fsp3) is 0.571. The van der Waals surface area contributed by atoms with Gasteiger partial charge in [0.25, 0.3) is 0 Å². The van der Waals surface area contributed by atoms with E-state index in [4.69, 9.17) is 15.3 Å². The van der Waals surface area contributed by atoms with Gasteiger partial charge in [-0.25, -0.2) is 0 Å². The molecule has 2 atom stereocenters. The summed E-state index contributed by atoms with van der Waals surface area (Å²) < 4.78 is 11.0. The first kappa shape index (κ1) is 15.0. The minimum atomic E-state index is -0.296. The fourth-order valence-electron chi connectivity index (χ4n) is 2.08. The molecular weight excluding hydrogens is 228 g/mol. The van der Waals surface area contributed by atoms with E-state index in [1.165, 1.54) is 0 Å². The molecule has 0 heterocycles. The van der Waals surface area contributed by atoms with Gasteiger partial charge in [-0.05, 0) is 31.4 Å². The van der Waals surface area contributed by atoms with Crippen molar-refractivity contribution < 1.29 is 9.47 Å². The summed E-state index contributed by atoms with van der Waals surface area (Å²) in [6.07, 6.45) is 1.65. The standard InChI is InChI=1S/C14H24N2O2/c1-5-14(2,18-4)13(16-15)10-11-8-6-7-9-12(11)17-3/h6-9,13,16H,5,10,15H2,1-4H3. The number of para-hydroxylation sites is 1. The van der Waals surface area contributed by atoms with Crippen LogP contribution in [0.15, 0.2) is 24.3 Å². The number of rotatable bonds is 7. The second-order valence-corrected chi connectivity index (χ2v) is 4.61. The molecule has 0 bridgehead atoms. The fourth-order valence-corrected chi connectivity index (χ4v) is 2.08. The van der Waals surface area contributed by atoms with E-state index >= 15 is 0 Å². The lowest BCUT2D eigenvalue weighted by molar-refractivity contribution is -0.0289. The molecule has 0 spiro atoms. The monoisotopic (exact) mass is 252 g/mol. The maximum Gasteiger partial charge on any atom is 0.122 e. The Balaban J connectivity index is 2.92. The second-order valence-electron chi connectivity index (χ2n) is 4.61. The highest BCUT2D eigenvalue weighted by Crippen LogP contribution is 2.25. The molecule has 0 aromatic heterocycles. The molecule has 1 aromatic rings. The van der Waals surface area contributed by atoms with Gasteiger partial charge >= 0.3 is 0 Å². The highest BCUT2D eigenvalue weighted by molar-refractivity contribution is 5.34. The van der Waals surface area contributed by atoms with Crippen molar-refractivity contribution in [2.75, 3.05) is 14.2 Å². The van der Waals surface area contributed by atoms with E-state index < -0.39 is 0 Å². The molecule has 0 fully saturated rings. The number of hydrogen-bond donors (Lipinski definition) is 2. The van der Waals surface area contributed by atoms with Gasteiger partial charge in [-0.2, -0.15) is 0 Å². The summed E-state index contributed by atoms with van der Waals surface area (Å²) in [5.74, 6) is 6.56. The van der Waals surface area contributed by atoms with Gasteiger partial charge in [0, 0.05) is 7.11 Å². The first-order valence-electron chi connectivity index (χ1n) is 6.24. The van der Waals surface area contributed by atoms with Crippen LogP contribution in [-0.4, -0.2) is 25.9 Å². The zero-order valence-corrected chi connectivity index (χ0v) is 11.7. The number of nitrogens with two attached hydrogens (primary N) is 1. The van der Waals surface area contributed by atoms with Crippen LogP contribution in [-0.2, 0) is 11.2 Å². The third kappa shape index (κ3) is 3.22. The summed E-state index contributed by atoms with van der Waals surface area (Å²) in [4.78, 5) is 0. The number of hydrazine groups is 1. The maximum absolute atomic E-state index is 5.68. The van der Waals surface area contributed by atoms with Crippen molar-refractivity contribution in [2.45, 2.75) is 38.3 Å². The minimum absolute atomic E-state index is 0.0313. The third-order valence-electron chi connectivity index (χ3n) is 3.72. The lowest BCUT2D eigenvalue weighted by Gasteiger charge is -2.35. The lowest BCUT2D eigenvalue weighted by atomic mass is 9.88. The van der Waals surface area contributed by atoms with Crippen molar-refractivity contribution in [1.29, 1.82) is 0 Å². The van der Waals surface area contributed by atoms with E-state index in [0.29, 0.717) is 0 Å². The Hall–Kier alpha value is -1.10. The molecule has 0 amide bonds. The molecule has 0 saturated heterocycles. The van der Waals surface area contributed by atoms with E-state index in [0.717, 1.165) is 24.2 Å². The second kappa shape index (κ2) is 6.73. The molecular formula is C14H24N2O2. The highest BCUT2D eigenvalue weighted by atomic mass is 16.5. The summed E-state index contributed by atoms with van der Waals surface area (Å²) in [6, 6.07) is 8.00. The average molecular weight is 252 g/mol. The topological polar surface area (TPSA) is 56.5 Å². The lowest BCUT2D eigenvalue weighted by Crippen LogP contribution is -2.53. The third-order valence-corrected chi connectivity index (χ3v) is 3.72. The summed E-state index contributed by atoms with van der Waals surface area (Å²) >= 11 is 0. The summed E-state index contributed by atoms with van der Waals surface area (Å²) in [7, 11) is 3.40. The summed E-state index contributed by atoms with van der Waals surface area (Å²) in [6.45, 7) is 4.16. The van der Waals surface area contributed by atoms with Gasteiger partial charge in [0.15, 0.2) is 0 Å². The van der Waals surface area contributed by atoms with Gasteiger partial charge in [0.05, 0.1) is 18.8 Å². The largest absolute Gasteiger partial charge is 0.496 e. The average Bonchev–Trinajstić information content (AvgIpc) is 2.44. The molecule has 0 saturated carbocycles. The zero-order chi connectivity index (χ0) is 13.6. The van der Waals surface area contributed by atoms with Gasteiger partial charge < -0.3 is 9.47 Å². The minimum Gasteiger partial charge on any atom is -0.496 e. The molecule has 102 valence electrons. The number of methoxy groups -OCH3 is 2. The van der Waals surface area contributed by atoms with Crippen LogP contribution in [0.2, 0.25) is 0 Å². The van der Waals surface area contributed by atoms with Crippen LogP contribution in [0.3, 0.4) is 0 Å². The summed E-state index contributed by atoms with van der Waals surface area (Å²) in [5.41, 5.74) is 3.69. The van der Waals surface area contributed by atoms with Gasteiger partial charge in [-0.3, -0.25) is 11.3 Å². The molecule has 1 rings (SSSR count). The molecule has 4 nitrogen and oxygen atoms in total. The Morgan fingerprint density at radius 2 is 2.00 bits per heavy atom. The Kier molecular flexibility index (Phi) is 5.59. The molecule has 1 aromatic carbocycles.